The lowest BCUT2D eigenvalue weighted by Gasteiger charge is -2.11. The van der Waals surface area contributed by atoms with Gasteiger partial charge in [0, 0.05) is 38.1 Å². The Morgan fingerprint density at radius 3 is 2.94 bits per heavy atom. The van der Waals surface area contributed by atoms with Crippen molar-refractivity contribution < 1.29 is 0 Å². The predicted molar refractivity (Wildman–Crippen MR) is 70.3 cm³/mol. The van der Waals surface area contributed by atoms with Gasteiger partial charge in [-0.15, -0.1) is 0 Å². The van der Waals surface area contributed by atoms with Crippen LogP contribution in [0.2, 0.25) is 0 Å². The van der Waals surface area contributed by atoms with Gasteiger partial charge in [-0.05, 0) is 29.7 Å². The van der Waals surface area contributed by atoms with Crippen LogP contribution < -0.4 is 4.90 Å². The van der Waals surface area contributed by atoms with Gasteiger partial charge < -0.3 is 4.90 Å². The fourth-order valence-corrected chi connectivity index (χ4v) is 2.52. The van der Waals surface area contributed by atoms with E-state index in [1.54, 1.807) is 4.68 Å². The number of hydrogen-bond donors (Lipinski definition) is 0. The average Bonchev–Trinajstić information content (AvgIpc) is 2.93. The minimum atomic E-state index is 0.490. The summed E-state index contributed by atoms with van der Waals surface area (Å²) in [5.41, 5.74) is 5.12. The second-order valence-corrected chi connectivity index (χ2v) is 4.69. The lowest BCUT2D eigenvalue weighted by molar-refractivity contribution is 0.763. The number of nitrogens with zero attached hydrogens (tertiary/aromatic N) is 4. The number of aryl methyl sites for hydroxylation is 1. The molecule has 0 spiro atoms. The molecule has 3 rings (SSSR count). The monoisotopic (exact) mass is 238 g/mol. The van der Waals surface area contributed by atoms with E-state index < -0.39 is 0 Å². The minimum absolute atomic E-state index is 0.490. The molecule has 0 radical (unpaired) electrons. The number of nitriles is 1. The van der Waals surface area contributed by atoms with Gasteiger partial charge in [0.1, 0.15) is 6.07 Å². The van der Waals surface area contributed by atoms with Crippen LogP contribution in [-0.4, -0.2) is 23.4 Å². The van der Waals surface area contributed by atoms with E-state index >= 15 is 0 Å². The van der Waals surface area contributed by atoms with Gasteiger partial charge in [-0.25, -0.2) is 0 Å². The van der Waals surface area contributed by atoms with Gasteiger partial charge in [-0.2, -0.15) is 10.4 Å². The molecule has 1 aliphatic rings. The summed E-state index contributed by atoms with van der Waals surface area (Å²) in [6.45, 7) is 1.07. The fraction of sp³-hybridized carbons (Fsp3) is 0.286. The third-order valence-corrected chi connectivity index (χ3v) is 3.45. The van der Waals surface area contributed by atoms with Crippen LogP contribution in [0, 0.1) is 11.3 Å². The smallest absolute Gasteiger partial charge is 0.170 e. The Kier molecular flexibility index (Phi) is 2.34. The number of anilines is 1. The highest BCUT2D eigenvalue weighted by molar-refractivity contribution is 5.73. The van der Waals surface area contributed by atoms with Gasteiger partial charge in [-0.1, -0.05) is 6.07 Å². The minimum Gasteiger partial charge on any atom is -0.374 e. The third kappa shape index (κ3) is 1.56. The first-order valence-corrected chi connectivity index (χ1v) is 5.97. The Labute approximate surface area is 106 Å². The number of likely N-dealkylation sites (N-methyl/N-ethyl adjacent to an activating group) is 1. The molecule has 18 heavy (non-hydrogen) atoms. The molecule has 0 saturated carbocycles. The van der Waals surface area contributed by atoms with Crippen molar-refractivity contribution in [3.05, 3.63) is 35.7 Å². The quantitative estimate of drug-likeness (QED) is 0.762. The topological polar surface area (TPSA) is 44.9 Å². The first-order valence-electron chi connectivity index (χ1n) is 5.97. The van der Waals surface area contributed by atoms with Gasteiger partial charge in [-0.3, -0.25) is 4.68 Å². The number of hydrogen-bond acceptors (Lipinski definition) is 3. The Morgan fingerprint density at radius 1 is 1.33 bits per heavy atom. The first kappa shape index (κ1) is 10.8. The molecule has 0 bridgehead atoms. The Hall–Kier alpha value is -2.28. The highest BCUT2D eigenvalue weighted by atomic mass is 15.2. The van der Waals surface area contributed by atoms with Gasteiger partial charge in [0.15, 0.2) is 5.69 Å². The zero-order valence-corrected chi connectivity index (χ0v) is 10.5. The van der Waals surface area contributed by atoms with E-state index in [9.17, 15) is 0 Å². The number of fused-ring (bicyclic) bond motifs is 1. The van der Waals surface area contributed by atoms with E-state index in [2.05, 4.69) is 41.3 Å². The maximum atomic E-state index is 9.09. The highest BCUT2D eigenvalue weighted by Gasteiger charge is 2.17. The molecule has 4 nitrogen and oxygen atoms in total. The summed E-state index contributed by atoms with van der Waals surface area (Å²) in [7, 11) is 3.95. The molecule has 1 aromatic heterocycles. The maximum absolute atomic E-state index is 9.09. The molecule has 0 atom stereocenters. The summed E-state index contributed by atoms with van der Waals surface area (Å²) in [5, 5.41) is 13.3. The van der Waals surface area contributed by atoms with Crippen molar-refractivity contribution in [3.63, 3.8) is 0 Å². The zero-order chi connectivity index (χ0) is 12.7. The van der Waals surface area contributed by atoms with Crippen LogP contribution in [0.3, 0.4) is 0 Å². The Balaban J connectivity index is 2.11. The fourth-order valence-electron chi connectivity index (χ4n) is 2.52. The molecule has 0 N–H and O–H groups in total. The van der Waals surface area contributed by atoms with Crippen molar-refractivity contribution in [2.75, 3.05) is 18.5 Å². The summed E-state index contributed by atoms with van der Waals surface area (Å²) >= 11 is 0. The van der Waals surface area contributed by atoms with Crippen LogP contribution in [0.1, 0.15) is 11.3 Å². The molecular weight excluding hydrogens is 224 g/mol. The molecule has 2 aromatic rings. The number of aromatic nitrogens is 2. The van der Waals surface area contributed by atoms with E-state index in [0.29, 0.717) is 5.69 Å². The Morgan fingerprint density at radius 2 is 2.17 bits per heavy atom. The van der Waals surface area contributed by atoms with E-state index in [1.807, 2.05) is 13.2 Å². The largest absolute Gasteiger partial charge is 0.374 e. The van der Waals surface area contributed by atoms with Gasteiger partial charge in [0.25, 0.3) is 0 Å². The maximum Gasteiger partial charge on any atom is 0.170 e. The first-order chi connectivity index (χ1) is 8.69. The molecule has 0 fully saturated rings. The van der Waals surface area contributed by atoms with Crippen molar-refractivity contribution in [1.29, 1.82) is 5.26 Å². The van der Waals surface area contributed by atoms with Gasteiger partial charge >= 0.3 is 0 Å². The van der Waals surface area contributed by atoms with E-state index in [0.717, 1.165) is 24.1 Å². The van der Waals surface area contributed by atoms with Crippen LogP contribution in [0.25, 0.3) is 11.1 Å². The van der Waals surface area contributed by atoms with Crippen molar-refractivity contribution in [3.8, 4) is 17.2 Å². The molecule has 0 amide bonds. The summed E-state index contributed by atoms with van der Waals surface area (Å²) < 4.78 is 1.69. The predicted octanol–water partition coefficient (Wildman–Crippen LogP) is 1.95. The van der Waals surface area contributed by atoms with Crippen molar-refractivity contribution in [2.45, 2.75) is 6.42 Å². The standard InChI is InChI=1S/C14H14N4/c1-17-6-5-11-7-10(3-4-14(11)17)12-9-18(2)16-13(12)8-15/h3-4,7,9H,5-6H2,1-2H3. The van der Waals surface area contributed by atoms with E-state index in [-0.39, 0.29) is 0 Å². The second kappa shape index (κ2) is 3.88. The second-order valence-electron chi connectivity index (χ2n) is 4.69. The van der Waals surface area contributed by atoms with Gasteiger partial charge in [0.05, 0.1) is 0 Å². The van der Waals surface area contributed by atoms with Crippen molar-refractivity contribution >= 4 is 5.69 Å². The third-order valence-electron chi connectivity index (χ3n) is 3.45. The number of rotatable bonds is 1. The Bertz CT molecular complexity index is 648. The summed E-state index contributed by atoms with van der Waals surface area (Å²) in [6, 6.07) is 8.53. The number of benzene rings is 1. The van der Waals surface area contributed by atoms with E-state index in [1.165, 1.54) is 11.3 Å². The molecule has 90 valence electrons. The lowest BCUT2D eigenvalue weighted by Crippen LogP contribution is -2.12. The normalized spacial score (nSPS) is 13.5. The van der Waals surface area contributed by atoms with E-state index in [4.69, 9.17) is 5.26 Å². The SMILES string of the molecule is CN1CCc2cc(-c3cn(C)nc3C#N)ccc21. The van der Waals surface area contributed by atoms with Crippen LogP contribution in [0.4, 0.5) is 5.69 Å². The van der Waals surface area contributed by atoms with Crippen molar-refractivity contribution in [2.24, 2.45) is 7.05 Å². The summed E-state index contributed by atoms with van der Waals surface area (Å²) in [4.78, 5) is 2.26. The molecule has 2 heterocycles. The highest BCUT2D eigenvalue weighted by Crippen LogP contribution is 2.32. The molecule has 1 aromatic carbocycles. The van der Waals surface area contributed by atoms with Crippen molar-refractivity contribution in [1.82, 2.24) is 9.78 Å². The molecule has 0 unspecified atom stereocenters. The lowest BCUT2D eigenvalue weighted by atomic mass is 10.0. The van der Waals surface area contributed by atoms with Crippen LogP contribution >= 0.6 is 0 Å². The van der Waals surface area contributed by atoms with Gasteiger partial charge in [0.2, 0.25) is 0 Å². The van der Waals surface area contributed by atoms with Crippen LogP contribution in [-0.2, 0) is 13.5 Å². The summed E-state index contributed by atoms with van der Waals surface area (Å²) in [5.74, 6) is 0. The molecule has 4 heteroatoms. The zero-order valence-electron chi connectivity index (χ0n) is 10.5. The molecule has 0 aliphatic carbocycles. The van der Waals surface area contributed by atoms with Crippen LogP contribution in [0.5, 0.6) is 0 Å². The average molecular weight is 238 g/mol. The molecule has 0 saturated heterocycles. The summed E-state index contributed by atoms with van der Waals surface area (Å²) in [6.07, 6.45) is 2.97. The molecule has 1 aliphatic heterocycles. The molecular formula is C14H14N4. The van der Waals surface area contributed by atoms with Crippen LogP contribution in [0.15, 0.2) is 24.4 Å².